The maximum Gasteiger partial charge on any atom is 0.337 e. The molecule has 25 heavy (non-hydrogen) atoms. The highest BCUT2D eigenvalue weighted by Gasteiger charge is 2.22. The van der Waals surface area contributed by atoms with E-state index in [0.717, 1.165) is 16.7 Å². The molecule has 0 saturated heterocycles. The molecule has 5 nitrogen and oxygen atoms in total. The van der Waals surface area contributed by atoms with E-state index in [0.29, 0.717) is 41.5 Å². The molecule has 0 saturated carbocycles. The van der Waals surface area contributed by atoms with Crippen LogP contribution in [-0.2, 0) is 11.2 Å². The third kappa shape index (κ3) is 3.46. The second-order valence-electron chi connectivity index (χ2n) is 5.82. The molecule has 0 aliphatic carbocycles. The van der Waals surface area contributed by atoms with Crippen LogP contribution in [0.2, 0.25) is 5.02 Å². The average Bonchev–Trinajstić information content (AvgIpc) is 2.81. The van der Waals surface area contributed by atoms with Gasteiger partial charge < -0.3 is 14.8 Å². The first-order chi connectivity index (χ1) is 12.0. The van der Waals surface area contributed by atoms with Crippen molar-refractivity contribution in [2.24, 2.45) is 0 Å². The molecule has 0 aromatic heterocycles. The molecule has 0 fully saturated rings. The number of halogens is 1. The van der Waals surface area contributed by atoms with Crippen LogP contribution >= 0.6 is 11.6 Å². The summed E-state index contributed by atoms with van der Waals surface area (Å²) in [5.74, 6) is -0.111. The van der Waals surface area contributed by atoms with Crippen molar-refractivity contribution in [1.82, 2.24) is 5.32 Å². The van der Waals surface area contributed by atoms with Gasteiger partial charge in [-0.05, 0) is 48.2 Å². The molecule has 2 aromatic rings. The van der Waals surface area contributed by atoms with E-state index in [1.807, 2.05) is 25.1 Å². The summed E-state index contributed by atoms with van der Waals surface area (Å²) < 4.78 is 10.3. The Hall–Kier alpha value is -2.53. The van der Waals surface area contributed by atoms with Gasteiger partial charge in [0.15, 0.2) is 5.75 Å². The Balaban J connectivity index is 1.94. The van der Waals surface area contributed by atoms with Crippen molar-refractivity contribution >= 4 is 23.5 Å². The summed E-state index contributed by atoms with van der Waals surface area (Å²) in [6.45, 7) is 2.76. The first-order valence-electron chi connectivity index (χ1n) is 7.91. The SMILES string of the molecule is COC(=O)c1ccc(Cc2cc3c(c(Cl)c2C)OCCNC3=O)cc1. The molecule has 6 heteroatoms. The smallest absolute Gasteiger partial charge is 0.337 e. The summed E-state index contributed by atoms with van der Waals surface area (Å²) in [7, 11) is 1.35. The van der Waals surface area contributed by atoms with Gasteiger partial charge in [0.05, 0.1) is 29.8 Å². The standard InChI is InChI=1S/C19H18ClNO4/c1-11-14(9-12-3-5-13(6-4-12)19(23)24-2)10-15-17(16(11)20)25-8-7-21-18(15)22/h3-6,10H,7-9H2,1-2H3,(H,21,22). The monoisotopic (exact) mass is 359 g/mol. The van der Waals surface area contributed by atoms with E-state index in [1.54, 1.807) is 12.1 Å². The number of amides is 1. The molecular formula is C19H18ClNO4. The van der Waals surface area contributed by atoms with Crippen LogP contribution in [0.25, 0.3) is 0 Å². The Morgan fingerprint density at radius 2 is 2.04 bits per heavy atom. The van der Waals surface area contributed by atoms with Gasteiger partial charge in [-0.3, -0.25) is 4.79 Å². The largest absolute Gasteiger partial charge is 0.489 e. The van der Waals surface area contributed by atoms with Gasteiger partial charge in [0.25, 0.3) is 5.91 Å². The Morgan fingerprint density at radius 1 is 1.32 bits per heavy atom. The molecule has 0 spiro atoms. The number of carbonyl (C=O) groups is 2. The molecule has 1 aliphatic rings. The van der Waals surface area contributed by atoms with Crippen LogP contribution in [0, 0.1) is 6.92 Å². The molecule has 3 rings (SSSR count). The van der Waals surface area contributed by atoms with Crippen LogP contribution in [-0.4, -0.2) is 32.1 Å². The second-order valence-corrected chi connectivity index (χ2v) is 6.20. The fraction of sp³-hybridized carbons (Fsp3) is 0.263. The zero-order chi connectivity index (χ0) is 18.0. The highest BCUT2D eigenvalue weighted by Crippen LogP contribution is 2.36. The molecule has 0 bridgehead atoms. The van der Waals surface area contributed by atoms with E-state index in [9.17, 15) is 9.59 Å². The van der Waals surface area contributed by atoms with Gasteiger partial charge in [-0.25, -0.2) is 4.79 Å². The maximum atomic E-state index is 12.2. The van der Waals surface area contributed by atoms with E-state index in [-0.39, 0.29) is 11.9 Å². The lowest BCUT2D eigenvalue weighted by molar-refractivity contribution is 0.0600. The van der Waals surface area contributed by atoms with Crippen molar-refractivity contribution in [2.75, 3.05) is 20.3 Å². The molecule has 1 amide bonds. The number of carbonyl (C=O) groups excluding carboxylic acids is 2. The van der Waals surface area contributed by atoms with Crippen molar-refractivity contribution in [1.29, 1.82) is 0 Å². The molecule has 0 radical (unpaired) electrons. The summed E-state index contributed by atoms with van der Waals surface area (Å²) in [6.07, 6.45) is 0.591. The van der Waals surface area contributed by atoms with Gasteiger partial charge in [0.2, 0.25) is 0 Å². The molecule has 1 aliphatic heterocycles. The Kier molecular flexibility index (Phi) is 4.95. The van der Waals surface area contributed by atoms with Crippen LogP contribution in [0.1, 0.15) is 37.4 Å². The number of esters is 1. The number of hydrogen-bond acceptors (Lipinski definition) is 4. The van der Waals surface area contributed by atoms with Gasteiger partial charge in [-0.2, -0.15) is 0 Å². The van der Waals surface area contributed by atoms with Gasteiger partial charge in [0, 0.05) is 0 Å². The zero-order valence-electron chi connectivity index (χ0n) is 14.0. The molecule has 0 atom stereocenters. The number of ether oxygens (including phenoxy) is 2. The summed E-state index contributed by atoms with van der Waals surface area (Å²) in [4.78, 5) is 23.7. The Morgan fingerprint density at radius 3 is 2.72 bits per heavy atom. The number of methoxy groups -OCH3 is 1. The van der Waals surface area contributed by atoms with E-state index in [4.69, 9.17) is 21.1 Å². The minimum absolute atomic E-state index is 0.184. The van der Waals surface area contributed by atoms with Crippen molar-refractivity contribution in [3.8, 4) is 5.75 Å². The molecular weight excluding hydrogens is 342 g/mol. The van der Waals surface area contributed by atoms with Gasteiger partial charge >= 0.3 is 5.97 Å². The lowest BCUT2D eigenvalue weighted by atomic mass is 9.96. The lowest BCUT2D eigenvalue weighted by Crippen LogP contribution is -2.24. The normalized spacial score (nSPS) is 13.3. The Bertz CT molecular complexity index is 830. The number of rotatable bonds is 3. The third-order valence-electron chi connectivity index (χ3n) is 4.22. The number of nitrogens with one attached hydrogen (secondary N) is 1. The van der Waals surface area contributed by atoms with Crippen molar-refractivity contribution in [2.45, 2.75) is 13.3 Å². The molecule has 1 heterocycles. The van der Waals surface area contributed by atoms with E-state index < -0.39 is 0 Å². The predicted molar refractivity (Wildman–Crippen MR) is 94.6 cm³/mol. The summed E-state index contributed by atoms with van der Waals surface area (Å²) in [6, 6.07) is 8.99. The van der Waals surface area contributed by atoms with Crippen LogP contribution in [0.4, 0.5) is 0 Å². The summed E-state index contributed by atoms with van der Waals surface area (Å²) in [5, 5.41) is 3.26. The molecule has 2 aromatic carbocycles. The van der Waals surface area contributed by atoms with Gasteiger partial charge in [-0.1, -0.05) is 23.7 Å². The first kappa shape index (κ1) is 17.3. The van der Waals surface area contributed by atoms with Gasteiger partial charge in [-0.15, -0.1) is 0 Å². The lowest BCUT2D eigenvalue weighted by Gasteiger charge is -2.15. The van der Waals surface area contributed by atoms with Crippen LogP contribution in [0.5, 0.6) is 5.75 Å². The first-order valence-corrected chi connectivity index (χ1v) is 8.29. The van der Waals surface area contributed by atoms with Crippen molar-refractivity contribution in [3.63, 3.8) is 0 Å². The second kappa shape index (κ2) is 7.15. The minimum atomic E-state index is -0.371. The van der Waals surface area contributed by atoms with Crippen molar-refractivity contribution in [3.05, 3.63) is 63.2 Å². The molecule has 130 valence electrons. The van der Waals surface area contributed by atoms with E-state index in [1.165, 1.54) is 7.11 Å². The zero-order valence-corrected chi connectivity index (χ0v) is 14.8. The van der Waals surface area contributed by atoms with E-state index >= 15 is 0 Å². The number of hydrogen-bond donors (Lipinski definition) is 1. The topological polar surface area (TPSA) is 64.6 Å². The van der Waals surface area contributed by atoms with Gasteiger partial charge in [0.1, 0.15) is 6.61 Å². The van der Waals surface area contributed by atoms with E-state index in [2.05, 4.69) is 5.32 Å². The summed E-state index contributed by atoms with van der Waals surface area (Å²) in [5.41, 5.74) is 3.77. The average molecular weight is 360 g/mol. The number of benzene rings is 2. The highest BCUT2D eigenvalue weighted by atomic mass is 35.5. The number of fused-ring (bicyclic) bond motifs is 1. The highest BCUT2D eigenvalue weighted by molar-refractivity contribution is 6.33. The fourth-order valence-electron chi connectivity index (χ4n) is 2.78. The quantitative estimate of drug-likeness (QED) is 0.855. The summed E-state index contributed by atoms with van der Waals surface area (Å²) >= 11 is 6.44. The fourth-order valence-corrected chi connectivity index (χ4v) is 3.06. The van der Waals surface area contributed by atoms with Crippen LogP contribution in [0.3, 0.4) is 0 Å². The maximum absolute atomic E-state index is 12.2. The van der Waals surface area contributed by atoms with Crippen LogP contribution < -0.4 is 10.1 Å². The van der Waals surface area contributed by atoms with Crippen molar-refractivity contribution < 1.29 is 19.1 Å². The van der Waals surface area contributed by atoms with Crippen LogP contribution in [0.15, 0.2) is 30.3 Å². The minimum Gasteiger partial charge on any atom is -0.489 e. The molecule has 1 N–H and O–H groups in total. The Labute approximate surface area is 150 Å². The third-order valence-corrected chi connectivity index (χ3v) is 4.68. The molecule has 0 unspecified atom stereocenters. The predicted octanol–water partition coefficient (Wildman–Crippen LogP) is 3.15.